The molecule has 1 aromatic carbocycles. The third kappa shape index (κ3) is 3.01. The molecule has 0 aliphatic carbocycles. The van der Waals surface area contributed by atoms with Gasteiger partial charge in [0.25, 0.3) is 0 Å². The van der Waals surface area contributed by atoms with Crippen molar-refractivity contribution in [1.29, 1.82) is 0 Å². The molecule has 4 aromatic rings. The maximum atomic E-state index is 11.4. The summed E-state index contributed by atoms with van der Waals surface area (Å²) in [4.78, 5) is 15.9. The summed E-state index contributed by atoms with van der Waals surface area (Å²) in [6, 6.07) is 9.57. The van der Waals surface area contributed by atoms with Crippen molar-refractivity contribution < 1.29 is 14.1 Å². The highest BCUT2D eigenvalue weighted by atomic mass is 16.5. The highest BCUT2D eigenvalue weighted by Gasteiger charge is 2.18. The first kappa shape index (κ1) is 16.8. The molecule has 0 spiro atoms. The van der Waals surface area contributed by atoms with Gasteiger partial charge in [-0.1, -0.05) is 11.2 Å². The molecular formula is C19H17N5O3. The van der Waals surface area contributed by atoms with Gasteiger partial charge >= 0.3 is 6.09 Å². The van der Waals surface area contributed by atoms with E-state index in [0.29, 0.717) is 16.8 Å². The minimum Gasteiger partial charge on any atom is -0.453 e. The van der Waals surface area contributed by atoms with Crippen LogP contribution >= 0.6 is 0 Å². The molecule has 4 rings (SSSR count). The lowest BCUT2D eigenvalue weighted by Gasteiger charge is -2.05. The molecule has 0 aliphatic rings. The monoisotopic (exact) mass is 363 g/mol. The van der Waals surface area contributed by atoms with Crippen LogP contribution in [0, 0.1) is 13.8 Å². The van der Waals surface area contributed by atoms with E-state index in [9.17, 15) is 4.79 Å². The topological polar surface area (TPSA) is 106 Å². The number of aromatic nitrogens is 4. The lowest BCUT2D eigenvalue weighted by Crippen LogP contribution is -2.11. The van der Waals surface area contributed by atoms with E-state index >= 15 is 0 Å². The molecule has 3 aromatic heterocycles. The zero-order valence-electron chi connectivity index (χ0n) is 15.0. The largest absolute Gasteiger partial charge is 0.453 e. The number of H-pyrrole nitrogens is 1. The average Bonchev–Trinajstić information content (AvgIpc) is 3.24. The summed E-state index contributed by atoms with van der Waals surface area (Å²) in [6.07, 6.45) is 1.16. The van der Waals surface area contributed by atoms with Gasteiger partial charge in [0.15, 0.2) is 11.4 Å². The molecule has 136 valence electrons. The Kier molecular flexibility index (Phi) is 4.08. The number of fused-ring (bicyclic) bond motifs is 1. The highest BCUT2D eigenvalue weighted by molar-refractivity contribution is 5.98. The van der Waals surface area contributed by atoms with Crippen molar-refractivity contribution in [2.24, 2.45) is 0 Å². The number of aryl methyl sites for hydroxylation is 2. The van der Waals surface area contributed by atoms with Crippen LogP contribution in [0.25, 0.3) is 33.5 Å². The van der Waals surface area contributed by atoms with E-state index in [-0.39, 0.29) is 0 Å². The summed E-state index contributed by atoms with van der Waals surface area (Å²) in [5, 5.41) is 14.6. The summed E-state index contributed by atoms with van der Waals surface area (Å²) in [5.41, 5.74) is 5.98. The Balaban J connectivity index is 1.79. The van der Waals surface area contributed by atoms with Gasteiger partial charge in [0.1, 0.15) is 5.69 Å². The van der Waals surface area contributed by atoms with Crippen molar-refractivity contribution in [3.05, 3.63) is 47.8 Å². The molecule has 3 heterocycles. The highest BCUT2D eigenvalue weighted by Crippen LogP contribution is 2.35. The first-order chi connectivity index (χ1) is 13.1. The fraction of sp³-hybridized carbons (Fsp3) is 0.158. The SMILES string of the molecule is COC(=O)Nc1noc2cc(-c3c(-c4cc(C)ccn4)n[nH]c3C)ccc12. The summed E-state index contributed by atoms with van der Waals surface area (Å²) in [7, 11) is 1.29. The van der Waals surface area contributed by atoms with E-state index in [1.807, 2.05) is 44.2 Å². The zero-order valence-corrected chi connectivity index (χ0v) is 15.0. The van der Waals surface area contributed by atoms with Gasteiger partial charge < -0.3 is 9.26 Å². The molecule has 27 heavy (non-hydrogen) atoms. The van der Waals surface area contributed by atoms with Crippen LogP contribution in [0.5, 0.6) is 0 Å². The van der Waals surface area contributed by atoms with Gasteiger partial charge in [-0.25, -0.2) is 4.79 Å². The number of benzene rings is 1. The lowest BCUT2D eigenvalue weighted by molar-refractivity contribution is 0.186. The van der Waals surface area contributed by atoms with Crippen LogP contribution in [0.4, 0.5) is 10.6 Å². The predicted octanol–water partition coefficient (Wildman–Crippen LogP) is 4.08. The number of amides is 1. The third-order valence-corrected chi connectivity index (χ3v) is 4.27. The fourth-order valence-electron chi connectivity index (χ4n) is 2.96. The van der Waals surface area contributed by atoms with Crippen LogP contribution in [0.1, 0.15) is 11.3 Å². The number of pyridine rings is 1. The summed E-state index contributed by atoms with van der Waals surface area (Å²) >= 11 is 0. The number of methoxy groups -OCH3 is 1. The molecular weight excluding hydrogens is 346 g/mol. The summed E-state index contributed by atoms with van der Waals surface area (Å²) < 4.78 is 9.97. The van der Waals surface area contributed by atoms with Crippen molar-refractivity contribution >= 4 is 22.9 Å². The first-order valence-electron chi connectivity index (χ1n) is 8.29. The fourth-order valence-corrected chi connectivity index (χ4v) is 2.96. The van der Waals surface area contributed by atoms with E-state index in [4.69, 9.17) is 4.52 Å². The number of nitrogens with zero attached hydrogens (tertiary/aromatic N) is 3. The van der Waals surface area contributed by atoms with Crippen LogP contribution < -0.4 is 5.32 Å². The molecule has 0 saturated carbocycles. The second kappa shape index (κ2) is 6.56. The van der Waals surface area contributed by atoms with Gasteiger partial charge in [-0.05, 0) is 49.2 Å². The number of ether oxygens (including phenoxy) is 1. The standard InChI is InChI=1S/C19H17N5O3/c1-10-6-7-20-14(8-10)17-16(11(2)22-23-17)12-4-5-13-15(9-12)27-24-18(13)21-19(25)26-3/h4-9H,1-3H3,(H,22,23)(H,21,24,25). The Hall–Kier alpha value is -3.68. The predicted molar refractivity (Wildman–Crippen MR) is 100 cm³/mol. The molecule has 0 aliphatic heterocycles. The van der Waals surface area contributed by atoms with Gasteiger partial charge in [0.05, 0.1) is 18.2 Å². The molecule has 2 N–H and O–H groups in total. The average molecular weight is 363 g/mol. The van der Waals surface area contributed by atoms with Gasteiger partial charge in [-0.3, -0.25) is 15.4 Å². The van der Waals surface area contributed by atoms with Gasteiger partial charge in [-0.2, -0.15) is 5.10 Å². The van der Waals surface area contributed by atoms with Crippen molar-refractivity contribution in [2.45, 2.75) is 13.8 Å². The minimum atomic E-state index is -0.604. The number of carbonyl (C=O) groups excluding carboxylic acids is 1. The number of hydrogen-bond acceptors (Lipinski definition) is 6. The third-order valence-electron chi connectivity index (χ3n) is 4.27. The van der Waals surface area contributed by atoms with Crippen LogP contribution in [-0.2, 0) is 4.74 Å². The number of rotatable bonds is 3. The molecule has 0 atom stereocenters. The minimum absolute atomic E-state index is 0.313. The quantitative estimate of drug-likeness (QED) is 0.568. The Labute approximate surface area is 154 Å². The molecule has 1 amide bonds. The van der Waals surface area contributed by atoms with Crippen LogP contribution in [0.2, 0.25) is 0 Å². The second-order valence-electron chi connectivity index (χ2n) is 6.15. The number of carbonyl (C=O) groups is 1. The molecule has 8 nitrogen and oxygen atoms in total. The molecule has 0 fully saturated rings. The van der Waals surface area contributed by atoms with Crippen LogP contribution in [-0.4, -0.2) is 33.5 Å². The second-order valence-corrected chi connectivity index (χ2v) is 6.15. The maximum Gasteiger partial charge on any atom is 0.412 e. The lowest BCUT2D eigenvalue weighted by atomic mass is 10.00. The normalized spacial score (nSPS) is 10.9. The van der Waals surface area contributed by atoms with E-state index in [2.05, 4.69) is 30.4 Å². The molecule has 0 radical (unpaired) electrons. The Morgan fingerprint density at radius 1 is 1.22 bits per heavy atom. The molecule has 0 unspecified atom stereocenters. The smallest absolute Gasteiger partial charge is 0.412 e. The van der Waals surface area contributed by atoms with E-state index in [0.717, 1.165) is 33.8 Å². The van der Waals surface area contributed by atoms with Crippen LogP contribution in [0.15, 0.2) is 41.1 Å². The molecule has 0 bridgehead atoms. The number of anilines is 1. The van der Waals surface area contributed by atoms with Gasteiger partial charge in [-0.15, -0.1) is 0 Å². The number of nitrogens with one attached hydrogen (secondary N) is 2. The zero-order chi connectivity index (χ0) is 19.0. The van der Waals surface area contributed by atoms with Crippen molar-refractivity contribution in [3.63, 3.8) is 0 Å². The number of hydrogen-bond donors (Lipinski definition) is 2. The first-order valence-corrected chi connectivity index (χ1v) is 8.29. The molecule has 0 saturated heterocycles. The van der Waals surface area contributed by atoms with Crippen LogP contribution in [0.3, 0.4) is 0 Å². The van der Waals surface area contributed by atoms with E-state index < -0.39 is 6.09 Å². The Bertz CT molecular complexity index is 1150. The van der Waals surface area contributed by atoms with E-state index in [1.165, 1.54) is 7.11 Å². The van der Waals surface area contributed by atoms with Gasteiger partial charge in [0, 0.05) is 17.5 Å². The van der Waals surface area contributed by atoms with Crippen molar-refractivity contribution in [1.82, 2.24) is 20.3 Å². The Morgan fingerprint density at radius 2 is 2.07 bits per heavy atom. The summed E-state index contributed by atoms with van der Waals surface area (Å²) in [5.74, 6) is 0.313. The Morgan fingerprint density at radius 3 is 2.85 bits per heavy atom. The molecule has 8 heteroatoms. The van der Waals surface area contributed by atoms with E-state index in [1.54, 1.807) is 6.20 Å². The van der Waals surface area contributed by atoms with Crippen molar-refractivity contribution in [3.8, 4) is 22.5 Å². The summed E-state index contributed by atoms with van der Waals surface area (Å²) in [6.45, 7) is 3.97. The van der Waals surface area contributed by atoms with Gasteiger partial charge in [0.2, 0.25) is 0 Å². The maximum absolute atomic E-state index is 11.4. The number of aromatic amines is 1. The van der Waals surface area contributed by atoms with Crippen molar-refractivity contribution in [2.75, 3.05) is 12.4 Å².